The molecule has 0 fully saturated rings. The number of nitrogens with one attached hydrogen (secondary N) is 2. The molecule has 3 aromatic rings. The molecule has 0 spiro atoms. The monoisotopic (exact) mass is 573 g/mol. The molecule has 2 N–H and O–H groups in total. The molecule has 12 heteroatoms. The van der Waals surface area contributed by atoms with Crippen molar-refractivity contribution < 1.29 is 9.59 Å². The number of carbonyl (C=O) groups excluding carboxylic acids is 2. The highest BCUT2D eigenvalue weighted by molar-refractivity contribution is 7.99. The largest absolute Gasteiger partial charge is 0.342 e. The van der Waals surface area contributed by atoms with Gasteiger partial charge < -0.3 is 15.2 Å². The van der Waals surface area contributed by atoms with Crippen molar-refractivity contribution >= 4 is 75.7 Å². The van der Waals surface area contributed by atoms with E-state index in [4.69, 9.17) is 46.4 Å². The smallest absolute Gasteiger partial charge is 0.253 e. The molecule has 0 aliphatic heterocycles. The van der Waals surface area contributed by atoms with Crippen LogP contribution < -0.4 is 10.6 Å². The summed E-state index contributed by atoms with van der Waals surface area (Å²) in [7, 11) is 1.79. The third-order valence-corrected chi connectivity index (χ3v) is 7.31. The zero-order chi connectivity index (χ0) is 25.7. The summed E-state index contributed by atoms with van der Waals surface area (Å²) in [6.07, 6.45) is 0.642. The number of rotatable bonds is 9. The molecular formula is C23H23Cl4N5O2S. The summed E-state index contributed by atoms with van der Waals surface area (Å²) in [5.41, 5.74) is 0.752. The van der Waals surface area contributed by atoms with Gasteiger partial charge in [-0.05, 0) is 36.6 Å². The van der Waals surface area contributed by atoms with Crippen molar-refractivity contribution in [2.24, 2.45) is 13.0 Å². The zero-order valence-corrected chi connectivity index (χ0v) is 23.0. The van der Waals surface area contributed by atoms with Gasteiger partial charge in [0.05, 0.1) is 43.1 Å². The van der Waals surface area contributed by atoms with Crippen molar-refractivity contribution in [3.05, 3.63) is 67.9 Å². The minimum atomic E-state index is -0.394. The number of amides is 2. The Hall–Kier alpha value is -1.97. The molecule has 2 aromatic carbocycles. The third-order valence-electron chi connectivity index (χ3n) is 4.93. The van der Waals surface area contributed by atoms with E-state index in [9.17, 15) is 9.59 Å². The Kier molecular flexibility index (Phi) is 9.72. The van der Waals surface area contributed by atoms with Crippen LogP contribution in [0.1, 0.15) is 42.5 Å². The molecule has 0 saturated carbocycles. The molecule has 0 aliphatic carbocycles. The minimum Gasteiger partial charge on any atom is -0.342 e. The molecule has 186 valence electrons. The van der Waals surface area contributed by atoms with Gasteiger partial charge in [0.2, 0.25) is 5.91 Å². The molecule has 0 aliphatic rings. The highest BCUT2D eigenvalue weighted by atomic mass is 35.5. The van der Waals surface area contributed by atoms with Crippen molar-refractivity contribution in [3.63, 3.8) is 0 Å². The number of nitrogens with zero attached hydrogens (tertiary/aromatic N) is 3. The van der Waals surface area contributed by atoms with Gasteiger partial charge in [0, 0.05) is 7.05 Å². The van der Waals surface area contributed by atoms with E-state index in [1.165, 1.54) is 23.9 Å². The quantitative estimate of drug-likeness (QED) is 0.220. The van der Waals surface area contributed by atoms with Crippen LogP contribution in [-0.2, 0) is 11.8 Å². The Morgan fingerprint density at radius 3 is 2.37 bits per heavy atom. The molecule has 2 amide bonds. The summed E-state index contributed by atoms with van der Waals surface area (Å²) >= 11 is 25.5. The van der Waals surface area contributed by atoms with Gasteiger partial charge in [-0.25, -0.2) is 0 Å². The molecule has 35 heavy (non-hydrogen) atoms. The lowest BCUT2D eigenvalue weighted by Gasteiger charge is -2.20. The minimum absolute atomic E-state index is 0.0589. The normalized spacial score (nSPS) is 12.0. The summed E-state index contributed by atoms with van der Waals surface area (Å²) in [5.74, 6) is 0.321. The van der Waals surface area contributed by atoms with E-state index in [0.29, 0.717) is 38.7 Å². The third kappa shape index (κ3) is 7.27. The topological polar surface area (TPSA) is 88.9 Å². The van der Waals surface area contributed by atoms with Gasteiger partial charge in [-0.3, -0.25) is 9.59 Å². The standard InChI is InChI=1S/C23H23Cl4N5O2S/c1-12(2)8-19(29-22(34)13-6-4-5-7-14(13)24)21-30-31-23(32(21)3)35-11-20(33)28-18-10-16(26)15(25)9-17(18)27/h4-7,9-10,12,19H,8,11H2,1-3H3,(H,28,33)(H,29,34)/t19-/m0/s1. The lowest BCUT2D eigenvalue weighted by atomic mass is 10.0. The fourth-order valence-corrected chi connectivity index (χ4v) is 4.81. The molecule has 1 aromatic heterocycles. The van der Waals surface area contributed by atoms with E-state index in [1.807, 2.05) is 0 Å². The summed E-state index contributed by atoms with van der Waals surface area (Å²) < 4.78 is 1.77. The second-order valence-electron chi connectivity index (χ2n) is 8.12. The Morgan fingerprint density at radius 2 is 1.69 bits per heavy atom. The first-order valence-electron chi connectivity index (χ1n) is 10.6. The number of aromatic nitrogens is 3. The Morgan fingerprint density at radius 1 is 1.00 bits per heavy atom. The second kappa shape index (κ2) is 12.3. The van der Waals surface area contributed by atoms with Crippen molar-refractivity contribution in [1.29, 1.82) is 0 Å². The van der Waals surface area contributed by atoms with E-state index in [2.05, 4.69) is 34.7 Å². The van der Waals surface area contributed by atoms with Crippen LogP contribution in [0.4, 0.5) is 5.69 Å². The summed E-state index contributed by atoms with van der Waals surface area (Å²) in [4.78, 5) is 25.3. The predicted octanol–water partition coefficient (Wildman–Crippen LogP) is 6.68. The fraction of sp³-hybridized carbons (Fsp3) is 0.304. The Bertz CT molecular complexity index is 1230. The van der Waals surface area contributed by atoms with E-state index in [0.717, 1.165) is 0 Å². The molecule has 0 unspecified atom stereocenters. The molecule has 3 rings (SSSR count). The zero-order valence-electron chi connectivity index (χ0n) is 19.1. The molecular weight excluding hydrogens is 552 g/mol. The number of thioether (sulfide) groups is 1. The van der Waals surface area contributed by atoms with Crippen LogP contribution in [0, 0.1) is 5.92 Å². The summed E-state index contributed by atoms with van der Waals surface area (Å²) in [5, 5.41) is 16.0. The molecule has 1 heterocycles. The number of halogens is 4. The van der Waals surface area contributed by atoms with E-state index < -0.39 is 6.04 Å². The van der Waals surface area contributed by atoms with Crippen LogP contribution in [-0.4, -0.2) is 32.3 Å². The highest BCUT2D eigenvalue weighted by Crippen LogP contribution is 2.32. The SMILES string of the molecule is CC(C)C[C@H](NC(=O)c1ccccc1Cl)c1nnc(SCC(=O)Nc2cc(Cl)c(Cl)cc2Cl)n1C. The second-order valence-corrected chi connectivity index (χ2v) is 10.7. The average Bonchev–Trinajstić information content (AvgIpc) is 3.15. The maximum atomic E-state index is 12.9. The van der Waals surface area contributed by atoms with E-state index in [-0.39, 0.29) is 33.5 Å². The first kappa shape index (κ1) is 27.6. The number of carbonyl (C=O) groups is 2. The van der Waals surface area contributed by atoms with Crippen LogP contribution in [0.2, 0.25) is 20.1 Å². The highest BCUT2D eigenvalue weighted by Gasteiger charge is 2.24. The molecule has 0 saturated heterocycles. The average molecular weight is 575 g/mol. The number of hydrogen-bond donors (Lipinski definition) is 2. The van der Waals surface area contributed by atoms with Gasteiger partial charge in [0.25, 0.3) is 5.91 Å². The first-order chi connectivity index (χ1) is 16.6. The maximum absolute atomic E-state index is 12.9. The van der Waals surface area contributed by atoms with Gasteiger partial charge >= 0.3 is 0 Å². The van der Waals surface area contributed by atoms with Gasteiger partial charge in [-0.1, -0.05) is 84.1 Å². The number of hydrogen-bond acceptors (Lipinski definition) is 5. The van der Waals surface area contributed by atoms with Crippen LogP contribution in [0.15, 0.2) is 41.6 Å². The van der Waals surface area contributed by atoms with E-state index in [1.54, 1.807) is 35.9 Å². The van der Waals surface area contributed by atoms with Crippen molar-refractivity contribution in [2.75, 3.05) is 11.1 Å². The summed E-state index contributed by atoms with van der Waals surface area (Å²) in [6, 6.07) is 9.42. The maximum Gasteiger partial charge on any atom is 0.253 e. The van der Waals surface area contributed by atoms with Gasteiger partial charge in [0.15, 0.2) is 11.0 Å². The first-order valence-corrected chi connectivity index (χ1v) is 13.1. The van der Waals surface area contributed by atoms with E-state index >= 15 is 0 Å². The van der Waals surface area contributed by atoms with Crippen LogP contribution >= 0.6 is 58.2 Å². The predicted molar refractivity (Wildman–Crippen MR) is 143 cm³/mol. The fourth-order valence-electron chi connectivity index (χ4n) is 3.27. The van der Waals surface area contributed by atoms with Gasteiger partial charge in [-0.15, -0.1) is 10.2 Å². The lowest BCUT2D eigenvalue weighted by Crippen LogP contribution is -2.31. The summed E-state index contributed by atoms with van der Waals surface area (Å²) in [6.45, 7) is 4.11. The van der Waals surface area contributed by atoms with Crippen molar-refractivity contribution in [1.82, 2.24) is 20.1 Å². The number of anilines is 1. The van der Waals surface area contributed by atoms with Crippen molar-refractivity contribution in [2.45, 2.75) is 31.5 Å². The number of benzene rings is 2. The van der Waals surface area contributed by atoms with Crippen LogP contribution in [0.5, 0.6) is 0 Å². The Balaban J connectivity index is 1.70. The molecule has 7 nitrogen and oxygen atoms in total. The molecule has 0 radical (unpaired) electrons. The van der Waals surface area contributed by atoms with Gasteiger partial charge in [0.1, 0.15) is 0 Å². The van der Waals surface area contributed by atoms with Crippen LogP contribution in [0.3, 0.4) is 0 Å². The lowest BCUT2D eigenvalue weighted by molar-refractivity contribution is -0.113. The Labute approximate surface area is 227 Å². The molecule has 0 bridgehead atoms. The van der Waals surface area contributed by atoms with Crippen LogP contribution in [0.25, 0.3) is 0 Å². The molecule has 1 atom stereocenters. The van der Waals surface area contributed by atoms with Crippen molar-refractivity contribution in [3.8, 4) is 0 Å². The van der Waals surface area contributed by atoms with Gasteiger partial charge in [-0.2, -0.15) is 0 Å².